The fraction of sp³-hybridized carbons (Fsp3) is 0.375. The number of carbonyl (C=O) groups is 1. The van der Waals surface area contributed by atoms with E-state index in [2.05, 4.69) is 41.7 Å². The van der Waals surface area contributed by atoms with Gasteiger partial charge in [0.1, 0.15) is 0 Å². The number of rotatable bonds is 13. The van der Waals surface area contributed by atoms with E-state index in [1.54, 1.807) is 35.9 Å². The predicted octanol–water partition coefficient (Wildman–Crippen LogP) is 6.33. The smallest absolute Gasteiger partial charge is 0.376 e. The van der Waals surface area contributed by atoms with Crippen LogP contribution in [0.1, 0.15) is 56.6 Å². The molecule has 265 valence electrons. The number of ether oxygens (including phenoxy) is 5. The highest BCUT2D eigenvalue weighted by Crippen LogP contribution is 2.42. The zero-order valence-electron chi connectivity index (χ0n) is 30.7. The first-order valence-electron chi connectivity index (χ1n) is 17.5. The van der Waals surface area contributed by atoms with Crippen LogP contribution in [0.15, 0.2) is 60.7 Å². The van der Waals surface area contributed by atoms with Crippen molar-refractivity contribution in [3.63, 3.8) is 0 Å². The summed E-state index contributed by atoms with van der Waals surface area (Å²) in [6, 6.07) is 20.5. The lowest BCUT2D eigenvalue weighted by atomic mass is 9.76. The molecule has 0 saturated carbocycles. The summed E-state index contributed by atoms with van der Waals surface area (Å²) in [4.78, 5) is 15.9. The summed E-state index contributed by atoms with van der Waals surface area (Å²) in [5, 5.41) is 10.7. The molecule has 4 aromatic carbocycles. The maximum Gasteiger partial charge on any atom is 0.376 e. The number of nitrogens with zero attached hydrogens (tertiary/aromatic N) is 2. The molecule has 0 aromatic heterocycles. The van der Waals surface area contributed by atoms with Gasteiger partial charge < -0.3 is 43.1 Å². The van der Waals surface area contributed by atoms with E-state index in [0.29, 0.717) is 47.5 Å². The summed E-state index contributed by atoms with van der Waals surface area (Å²) in [7, 11) is 7.60. The van der Waals surface area contributed by atoms with E-state index in [0.717, 1.165) is 48.7 Å². The van der Waals surface area contributed by atoms with E-state index >= 15 is 0 Å². The van der Waals surface area contributed by atoms with Gasteiger partial charge in [-0.1, -0.05) is 24.3 Å². The molecule has 2 aliphatic heterocycles. The molecule has 1 N–H and O–H groups in total. The number of carbonyl (C=O) groups excluding carboxylic acids is 1. The Balaban J connectivity index is 1.24. The van der Waals surface area contributed by atoms with Gasteiger partial charge in [-0.3, -0.25) is 0 Å². The van der Waals surface area contributed by atoms with Crippen molar-refractivity contribution in [3.8, 4) is 34.5 Å². The molecule has 0 amide bonds. The van der Waals surface area contributed by atoms with Crippen LogP contribution < -0.4 is 23.7 Å². The summed E-state index contributed by atoms with van der Waals surface area (Å²) in [6.45, 7) is 7.66. The topological polar surface area (TPSA) is 89.9 Å². The molecular formula is C40H47B2N2O7. The molecular weight excluding hydrogens is 642 g/mol. The van der Waals surface area contributed by atoms with Gasteiger partial charge in [-0.25, -0.2) is 0 Å². The van der Waals surface area contributed by atoms with Gasteiger partial charge in [0.25, 0.3) is 7.41 Å². The van der Waals surface area contributed by atoms with Gasteiger partial charge in [-0.2, -0.15) is 0 Å². The molecule has 0 saturated heterocycles. The number of methoxy groups -OCH3 is 4. The molecule has 0 bridgehead atoms. The highest BCUT2D eigenvalue weighted by Gasteiger charge is 2.33. The van der Waals surface area contributed by atoms with Gasteiger partial charge in [0, 0.05) is 12.1 Å². The Morgan fingerprint density at radius 1 is 0.706 bits per heavy atom. The molecule has 9 nitrogen and oxygen atoms in total. The molecule has 4 aromatic rings. The average molecular weight is 689 g/mol. The number of hydrogen-bond acceptors (Lipinski definition) is 9. The van der Waals surface area contributed by atoms with Gasteiger partial charge >= 0.3 is 7.05 Å². The molecule has 1 radical (unpaired) electrons. The summed E-state index contributed by atoms with van der Waals surface area (Å²) < 4.78 is 29.3. The van der Waals surface area contributed by atoms with Crippen molar-refractivity contribution >= 4 is 20.7 Å². The normalized spacial score (nSPS) is 17.2. The fourth-order valence-corrected chi connectivity index (χ4v) is 7.63. The SMILES string of the molecule is COc1cc2c(cc1OC)[C@@H](Cc1ccc(Oc3ccc(C[C@@H]4c5cc(C)c(C)cc5CCN4B(C)O)cc3OC)c(OC)c1)N([B]C=O)CC2. The van der Waals surface area contributed by atoms with Crippen molar-refractivity contribution in [2.45, 2.75) is 58.4 Å². The first kappa shape index (κ1) is 36.4. The van der Waals surface area contributed by atoms with E-state index in [4.69, 9.17) is 23.7 Å². The second-order valence-electron chi connectivity index (χ2n) is 13.4. The van der Waals surface area contributed by atoms with Gasteiger partial charge in [-0.05, 0) is 140 Å². The van der Waals surface area contributed by atoms with Crippen LogP contribution >= 0.6 is 0 Å². The standard InChI is InChI=1S/C40H47B2N2O7/c1-25-16-29-13-15-44(42(3)46)34(31(29)17-26(25)2)19-28-9-11-36(38(21-28)48-5)51-35-10-8-27(20-37(35)47-4)18-33-32-23-40(50-7)39(49-6)22-30(32)12-14-43(33)41-24-45/h8-11,16-17,20-24,33-34,46H,12-15,18-19H2,1-7H3/t33-,34-/m1/s1. The van der Waals surface area contributed by atoms with Crippen LogP contribution in [-0.4, -0.2) is 76.8 Å². The largest absolute Gasteiger partial charge is 0.493 e. The molecule has 2 atom stereocenters. The Morgan fingerprint density at radius 3 is 1.80 bits per heavy atom. The molecule has 6 rings (SSSR count). The third-order valence-electron chi connectivity index (χ3n) is 10.5. The van der Waals surface area contributed by atoms with Crippen molar-refractivity contribution in [2.24, 2.45) is 0 Å². The fourth-order valence-electron chi connectivity index (χ4n) is 7.63. The van der Waals surface area contributed by atoms with Crippen molar-refractivity contribution in [1.29, 1.82) is 0 Å². The molecule has 0 unspecified atom stereocenters. The first-order chi connectivity index (χ1) is 24.7. The summed E-state index contributed by atoms with van der Waals surface area (Å²) in [6.07, 6.45) is 3.90. The second kappa shape index (κ2) is 15.8. The van der Waals surface area contributed by atoms with E-state index in [1.165, 1.54) is 27.8 Å². The van der Waals surface area contributed by atoms with Crippen LogP contribution in [0.2, 0.25) is 6.82 Å². The molecule has 2 aliphatic rings. The lowest BCUT2D eigenvalue weighted by molar-refractivity contribution is 0.270. The Hall–Kier alpha value is -4.44. The van der Waals surface area contributed by atoms with Gasteiger partial charge in [-0.15, -0.1) is 0 Å². The minimum atomic E-state index is -0.560. The lowest BCUT2D eigenvalue weighted by Gasteiger charge is -2.39. The molecule has 11 heteroatoms. The third kappa shape index (κ3) is 7.61. The van der Waals surface area contributed by atoms with E-state index in [1.807, 2.05) is 49.3 Å². The van der Waals surface area contributed by atoms with Crippen molar-refractivity contribution in [1.82, 2.24) is 9.62 Å². The zero-order chi connectivity index (χ0) is 36.2. The average Bonchev–Trinajstić information content (AvgIpc) is 3.13. The van der Waals surface area contributed by atoms with Crippen LogP contribution in [-0.2, 0) is 30.5 Å². The Bertz CT molecular complexity index is 1880. The number of benzene rings is 4. The van der Waals surface area contributed by atoms with E-state index < -0.39 is 7.05 Å². The Labute approximate surface area is 302 Å². The quantitative estimate of drug-likeness (QED) is 0.128. The highest BCUT2D eigenvalue weighted by atomic mass is 16.5. The van der Waals surface area contributed by atoms with Crippen LogP contribution in [0, 0.1) is 13.8 Å². The van der Waals surface area contributed by atoms with Crippen LogP contribution in [0.25, 0.3) is 0 Å². The van der Waals surface area contributed by atoms with Gasteiger partial charge in [0.05, 0.1) is 34.6 Å². The molecule has 0 aliphatic carbocycles. The Morgan fingerprint density at radius 2 is 1.22 bits per heavy atom. The van der Waals surface area contributed by atoms with Gasteiger partial charge in [0.15, 0.2) is 34.5 Å². The second-order valence-corrected chi connectivity index (χ2v) is 13.4. The highest BCUT2D eigenvalue weighted by molar-refractivity contribution is 6.64. The third-order valence-corrected chi connectivity index (χ3v) is 10.5. The number of aryl methyl sites for hydroxylation is 2. The van der Waals surface area contributed by atoms with E-state index in [9.17, 15) is 9.82 Å². The van der Waals surface area contributed by atoms with Crippen LogP contribution in [0.3, 0.4) is 0 Å². The first-order valence-corrected chi connectivity index (χ1v) is 17.5. The minimum absolute atomic E-state index is 0.0384. The predicted molar refractivity (Wildman–Crippen MR) is 202 cm³/mol. The van der Waals surface area contributed by atoms with Crippen molar-refractivity contribution in [3.05, 3.63) is 105 Å². The Kier molecular flexibility index (Phi) is 11.3. The molecule has 0 spiro atoms. The van der Waals surface area contributed by atoms with Crippen LogP contribution in [0.4, 0.5) is 0 Å². The summed E-state index contributed by atoms with van der Waals surface area (Å²) in [5.41, 5.74) is 9.56. The number of fused-ring (bicyclic) bond motifs is 2. The summed E-state index contributed by atoms with van der Waals surface area (Å²) in [5.74, 6) is 3.69. The minimum Gasteiger partial charge on any atom is -0.493 e. The maximum absolute atomic E-state index is 11.6. The van der Waals surface area contributed by atoms with Crippen molar-refractivity contribution in [2.75, 3.05) is 41.5 Å². The van der Waals surface area contributed by atoms with Crippen molar-refractivity contribution < 1.29 is 33.5 Å². The molecule has 0 fully saturated rings. The summed E-state index contributed by atoms with van der Waals surface area (Å²) >= 11 is 0. The zero-order valence-corrected chi connectivity index (χ0v) is 30.7. The molecule has 2 heterocycles. The van der Waals surface area contributed by atoms with Crippen LogP contribution in [0.5, 0.6) is 34.5 Å². The number of hydrogen-bond donors (Lipinski definition) is 1. The lowest BCUT2D eigenvalue weighted by Crippen LogP contribution is -2.45. The monoisotopic (exact) mass is 689 g/mol. The molecule has 51 heavy (non-hydrogen) atoms. The van der Waals surface area contributed by atoms with Gasteiger partial charge in [0.2, 0.25) is 0 Å². The van der Waals surface area contributed by atoms with E-state index in [-0.39, 0.29) is 12.1 Å². The maximum atomic E-state index is 11.6.